The number of halogens is 1. The van der Waals surface area contributed by atoms with Crippen LogP contribution in [0.5, 0.6) is 0 Å². The topological polar surface area (TPSA) is 49.3 Å². The van der Waals surface area contributed by atoms with E-state index in [-0.39, 0.29) is 24.5 Å². The first kappa shape index (κ1) is 17.3. The average molecular weight is 316 g/mol. The first-order chi connectivity index (χ1) is 9.58. The summed E-state index contributed by atoms with van der Waals surface area (Å²) >= 11 is 7.77. The second-order valence-corrected chi connectivity index (χ2v) is 6.19. The molecule has 0 aliphatic heterocycles. The van der Waals surface area contributed by atoms with Crippen LogP contribution in [0.25, 0.3) is 0 Å². The van der Waals surface area contributed by atoms with Crippen molar-refractivity contribution in [2.24, 2.45) is 5.92 Å². The molecular weight excluding hydrogens is 294 g/mol. The van der Waals surface area contributed by atoms with E-state index >= 15 is 0 Å². The van der Waals surface area contributed by atoms with Crippen molar-refractivity contribution < 1.29 is 9.90 Å². The van der Waals surface area contributed by atoms with E-state index in [0.717, 1.165) is 11.3 Å². The SMILES string of the molecule is CSCC(CCO)NC(=O)C(C)Cc1ccccc1Cl. The zero-order valence-corrected chi connectivity index (χ0v) is 13.5. The van der Waals surface area contributed by atoms with Gasteiger partial charge in [-0.2, -0.15) is 11.8 Å². The van der Waals surface area contributed by atoms with Gasteiger partial charge in [-0.3, -0.25) is 4.79 Å². The Morgan fingerprint density at radius 2 is 2.15 bits per heavy atom. The summed E-state index contributed by atoms with van der Waals surface area (Å²) in [6.07, 6.45) is 3.20. The molecule has 0 radical (unpaired) electrons. The van der Waals surface area contributed by atoms with Crippen molar-refractivity contribution in [1.29, 1.82) is 0 Å². The van der Waals surface area contributed by atoms with E-state index in [1.807, 2.05) is 37.4 Å². The fourth-order valence-electron chi connectivity index (χ4n) is 1.98. The lowest BCUT2D eigenvalue weighted by Crippen LogP contribution is -2.40. The fraction of sp³-hybridized carbons (Fsp3) is 0.533. The van der Waals surface area contributed by atoms with Crippen molar-refractivity contribution in [3.63, 3.8) is 0 Å². The lowest BCUT2D eigenvalue weighted by atomic mass is 10.00. The van der Waals surface area contributed by atoms with Gasteiger partial charge in [0.15, 0.2) is 0 Å². The molecule has 112 valence electrons. The quantitative estimate of drug-likeness (QED) is 0.775. The molecule has 1 aromatic rings. The number of thioether (sulfide) groups is 1. The Morgan fingerprint density at radius 3 is 2.75 bits per heavy atom. The maximum atomic E-state index is 12.2. The maximum absolute atomic E-state index is 12.2. The number of nitrogens with one attached hydrogen (secondary N) is 1. The van der Waals surface area contributed by atoms with Gasteiger partial charge in [0, 0.05) is 29.3 Å². The fourth-order valence-corrected chi connectivity index (χ4v) is 2.85. The Bertz CT molecular complexity index is 422. The van der Waals surface area contributed by atoms with E-state index in [4.69, 9.17) is 16.7 Å². The second-order valence-electron chi connectivity index (χ2n) is 4.87. The number of aliphatic hydroxyl groups excluding tert-OH is 1. The van der Waals surface area contributed by atoms with Gasteiger partial charge in [0.05, 0.1) is 0 Å². The molecule has 0 heterocycles. The predicted octanol–water partition coefficient (Wildman–Crippen LogP) is 2.75. The normalized spacial score (nSPS) is 13.8. The Hall–Kier alpha value is -0.710. The maximum Gasteiger partial charge on any atom is 0.223 e. The summed E-state index contributed by atoms with van der Waals surface area (Å²) in [4.78, 5) is 12.2. The van der Waals surface area contributed by atoms with E-state index in [9.17, 15) is 4.79 Å². The summed E-state index contributed by atoms with van der Waals surface area (Å²) in [5.41, 5.74) is 0.986. The molecule has 3 nitrogen and oxygen atoms in total. The summed E-state index contributed by atoms with van der Waals surface area (Å²) in [6, 6.07) is 7.61. The van der Waals surface area contributed by atoms with E-state index in [1.54, 1.807) is 11.8 Å². The van der Waals surface area contributed by atoms with Gasteiger partial charge >= 0.3 is 0 Å². The minimum Gasteiger partial charge on any atom is -0.396 e. The highest BCUT2D eigenvalue weighted by atomic mass is 35.5. The largest absolute Gasteiger partial charge is 0.396 e. The first-order valence-electron chi connectivity index (χ1n) is 6.72. The molecule has 5 heteroatoms. The molecule has 20 heavy (non-hydrogen) atoms. The van der Waals surface area contributed by atoms with Crippen LogP contribution in [-0.2, 0) is 11.2 Å². The number of amides is 1. The molecule has 0 aliphatic rings. The molecule has 0 aliphatic carbocycles. The van der Waals surface area contributed by atoms with Crippen LogP contribution in [-0.4, -0.2) is 35.7 Å². The lowest BCUT2D eigenvalue weighted by molar-refractivity contribution is -0.125. The van der Waals surface area contributed by atoms with Gasteiger partial charge in [0.1, 0.15) is 0 Å². The summed E-state index contributed by atoms with van der Waals surface area (Å²) in [5.74, 6) is 0.681. The minimum atomic E-state index is -0.141. The molecule has 2 unspecified atom stereocenters. The molecular formula is C15H22ClNO2S. The third-order valence-electron chi connectivity index (χ3n) is 3.12. The third-order valence-corrected chi connectivity index (χ3v) is 4.23. The van der Waals surface area contributed by atoms with Crippen molar-refractivity contribution in [2.75, 3.05) is 18.6 Å². The van der Waals surface area contributed by atoms with Crippen LogP contribution < -0.4 is 5.32 Å². The van der Waals surface area contributed by atoms with E-state index in [1.165, 1.54) is 0 Å². The van der Waals surface area contributed by atoms with Crippen LogP contribution in [0, 0.1) is 5.92 Å². The van der Waals surface area contributed by atoms with E-state index in [0.29, 0.717) is 17.9 Å². The Balaban J connectivity index is 2.56. The average Bonchev–Trinajstić information content (AvgIpc) is 2.41. The van der Waals surface area contributed by atoms with E-state index < -0.39 is 0 Å². The monoisotopic (exact) mass is 315 g/mol. The summed E-state index contributed by atoms with van der Waals surface area (Å²) in [6.45, 7) is 1.98. The smallest absolute Gasteiger partial charge is 0.223 e. The highest BCUT2D eigenvalue weighted by molar-refractivity contribution is 7.98. The van der Waals surface area contributed by atoms with Gasteiger partial charge in [-0.05, 0) is 30.7 Å². The van der Waals surface area contributed by atoms with Crippen LogP contribution in [0.1, 0.15) is 18.9 Å². The number of carbonyl (C=O) groups is 1. The molecule has 1 aromatic carbocycles. The highest BCUT2D eigenvalue weighted by Gasteiger charge is 2.18. The van der Waals surface area contributed by atoms with Crippen LogP contribution in [0.4, 0.5) is 0 Å². The van der Waals surface area contributed by atoms with Gasteiger partial charge in [-0.25, -0.2) is 0 Å². The van der Waals surface area contributed by atoms with Crippen molar-refractivity contribution >= 4 is 29.3 Å². The molecule has 0 bridgehead atoms. The van der Waals surface area contributed by atoms with Crippen LogP contribution in [0.15, 0.2) is 24.3 Å². The van der Waals surface area contributed by atoms with Crippen molar-refractivity contribution in [1.82, 2.24) is 5.32 Å². The van der Waals surface area contributed by atoms with Crippen LogP contribution >= 0.6 is 23.4 Å². The van der Waals surface area contributed by atoms with Crippen LogP contribution in [0.2, 0.25) is 5.02 Å². The molecule has 0 spiro atoms. The van der Waals surface area contributed by atoms with Gasteiger partial charge in [-0.1, -0.05) is 36.7 Å². The van der Waals surface area contributed by atoms with Crippen molar-refractivity contribution in [3.05, 3.63) is 34.9 Å². The van der Waals surface area contributed by atoms with Gasteiger partial charge < -0.3 is 10.4 Å². The van der Waals surface area contributed by atoms with Gasteiger partial charge in [0.25, 0.3) is 0 Å². The van der Waals surface area contributed by atoms with E-state index in [2.05, 4.69) is 5.32 Å². The first-order valence-corrected chi connectivity index (χ1v) is 8.49. The second kappa shape index (κ2) is 9.27. The lowest BCUT2D eigenvalue weighted by Gasteiger charge is -2.20. The summed E-state index contributed by atoms with van der Waals surface area (Å²) in [7, 11) is 0. The standard InChI is InChI=1S/C15H22ClNO2S/c1-11(9-12-5-3-4-6-14(12)16)15(19)17-13(7-8-18)10-20-2/h3-6,11,13,18H,7-10H2,1-2H3,(H,17,19). The summed E-state index contributed by atoms with van der Waals surface area (Å²) < 4.78 is 0. The minimum absolute atomic E-state index is 0.0115. The van der Waals surface area contributed by atoms with Crippen molar-refractivity contribution in [3.8, 4) is 0 Å². The van der Waals surface area contributed by atoms with Gasteiger partial charge in [-0.15, -0.1) is 0 Å². The van der Waals surface area contributed by atoms with Crippen molar-refractivity contribution in [2.45, 2.75) is 25.8 Å². The molecule has 1 amide bonds. The Morgan fingerprint density at radius 1 is 1.45 bits per heavy atom. The molecule has 0 saturated heterocycles. The number of benzene rings is 1. The third kappa shape index (κ3) is 5.73. The zero-order valence-electron chi connectivity index (χ0n) is 11.9. The molecule has 0 saturated carbocycles. The molecule has 2 N–H and O–H groups in total. The molecule has 0 aromatic heterocycles. The highest BCUT2D eigenvalue weighted by Crippen LogP contribution is 2.19. The number of rotatable bonds is 8. The Kier molecular flexibility index (Phi) is 8.04. The van der Waals surface area contributed by atoms with Gasteiger partial charge in [0.2, 0.25) is 5.91 Å². The number of hydrogen-bond acceptors (Lipinski definition) is 3. The number of aliphatic hydroxyl groups is 1. The molecule has 1 rings (SSSR count). The number of carbonyl (C=O) groups excluding carboxylic acids is 1. The molecule has 0 fully saturated rings. The number of hydrogen-bond donors (Lipinski definition) is 2. The predicted molar refractivity (Wildman–Crippen MR) is 86.3 cm³/mol. The summed E-state index contributed by atoms with van der Waals surface area (Å²) in [5, 5.41) is 12.7. The van der Waals surface area contributed by atoms with Crippen LogP contribution in [0.3, 0.4) is 0 Å². The zero-order chi connectivity index (χ0) is 15.0. The Labute approximate surface area is 130 Å². The molecule has 2 atom stereocenters.